The summed E-state index contributed by atoms with van der Waals surface area (Å²) in [4.78, 5) is 9.46. The van der Waals surface area contributed by atoms with Crippen LogP contribution in [0.1, 0.15) is 37.0 Å². The molecular formula is C15H20N4O. The molecule has 2 aromatic rings. The van der Waals surface area contributed by atoms with E-state index in [2.05, 4.69) is 20.9 Å². The summed E-state index contributed by atoms with van der Waals surface area (Å²) < 4.78 is 7.96. The third kappa shape index (κ3) is 2.01. The number of nitrogens with zero attached hydrogens (tertiary/aromatic N) is 3. The van der Waals surface area contributed by atoms with Crippen LogP contribution in [0, 0.1) is 0 Å². The zero-order chi connectivity index (χ0) is 13.4. The van der Waals surface area contributed by atoms with Gasteiger partial charge in [0, 0.05) is 24.8 Å². The summed E-state index contributed by atoms with van der Waals surface area (Å²) in [7, 11) is 0. The molecule has 0 aliphatic carbocycles. The Bertz CT molecular complexity index is 597. The molecule has 2 saturated heterocycles. The second-order valence-electron chi connectivity index (χ2n) is 5.73. The molecule has 1 atom stereocenters. The van der Waals surface area contributed by atoms with Gasteiger partial charge in [0.15, 0.2) is 5.65 Å². The molecule has 2 aliphatic heterocycles. The van der Waals surface area contributed by atoms with Crippen molar-refractivity contribution in [3.8, 4) is 0 Å². The van der Waals surface area contributed by atoms with E-state index in [1.165, 1.54) is 5.82 Å². The first-order valence-corrected chi connectivity index (χ1v) is 7.55. The molecule has 2 aromatic heterocycles. The highest BCUT2D eigenvalue weighted by Gasteiger charge is 2.28. The van der Waals surface area contributed by atoms with Crippen LogP contribution in [0.25, 0.3) is 11.2 Å². The Labute approximate surface area is 118 Å². The van der Waals surface area contributed by atoms with Gasteiger partial charge >= 0.3 is 0 Å². The van der Waals surface area contributed by atoms with E-state index in [9.17, 15) is 0 Å². The van der Waals surface area contributed by atoms with Gasteiger partial charge in [-0.05, 0) is 44.5 Å². The summed E-state index contributed by atoms with van der Waals surface area (Å²) in [5.41, 5.74) is 2.06. The van der Waals surface area contributed by atoms with Crippen LogP contribution in [0.5, 0.6) is 0 Å². The fourth-order valence-corrected chi connectivity index (χ4v) is 3.40. The van der Waals surface area contributed by atoms with Gasteiger partial charge in [-0.15, -0.1) is 0 Å². The average Bonchev–Trinajstić information content (AvgIpc) is 3.15. The zero-order valence-corrected chi connectivity index (χ0v) is 11.6. The number of fused-ring (bicyclic) bond motifs is 1. The number of pyridine rings is 1. The van der Waals surface area contributed by atoms with E-state index in [1.807, 2.05) is 12.3 Å². The summed E-state index contributed by atoms with van der Waals surface area (Å²) in [6.45, 7) is 3.82. The molecule has 2 aliphatic rings. The van der Waals surface area contributed by atoms with E-state index >= 15 is 0 Å². The van der Waals surface area contributed by atoms with E-state index in [4.69, 9.17) is 9.72 Å². The van der Waals surface area contributed by atoms with Crippen LogP contribution in [-0.2, 0) is 4.74 Å². The molecule has 0 saturated carbocycles. The number of hydrogen-bond donors (Lipinski definition) is 1. The van der Waals surface area contributed by atoms with Gasteiger partial charge in [0.1, 0.15) is 11.3 Å². The van der Waals surface area contributed by atoms with Gasteiger partial charge in [-0.25, -0.2) is 9.97 Å². The van der Waals surface area contributed by atoms with Crippen molar-refractivity contribution in [3.63, 3.8) is 0 Å². The van der Waals surface area contributed by atoms with Crippen LogP contribution in [0.3, 0.4) is 0 Å². The number of rotatable bonds is 2. The van der Waals surface area contributed by atoms with Crippen LogP contribution in [0.4, 0.5) is 0 Å². The molecule has 0 aromatic carbocycles. The lowest BCUT2D eigenvalue weighted by Crippen LogP contribution is -2.30. The summed E-state index contributed by atoms with van der Waals surface area (Å²) in [5.74, 6) is 1.61. The molecule has 5 heteroatoms. The van der Waals surface area contributed by atoms with Crippen molar-refractivity contribution >= 4 is 11.2 Å². The maximum atomic E-state index is 5.56. The van der Waals surface area contributed by atoms with Crippen molar-refractivity contribution in [1.82, 2.24) is 19.9 Å². The number of aromatic nitrogens is 3. The van der Waals surface area contributed by atoms with Crippen LogP contribution in [0.15, 0.2) is 18.3 Å². The summed E-state index contributed by atoms with van der Waals surface area (Å²) in [6.07, 6.45) is 5.26. The van der Waals surface area contributed by atoms with E-state index < -0.39 is 0 Å². The normalized spacial score (nSPS) is 24.5. The Morgan fingerprint density at radius 3 is 2.95 bits per heavy atom. The van der Waals surface area contributed by atoms with E-state index in [1.54, 1.807) is 0 Å². The van der Waals surface area contributed by atoms with Crippen molar-refractivity contribution in [2.45, 2.75) is 31.2 Å². The number of nitrogens with one attached hydrogen (secondary N) is 1. The highest BCUT2D eigenvalue weighted by molar-refractivity contribution is 5.71. The minimum atomic E-state index is 0.430. The van der Waals surface area contributed by atoms with Crippen LogP contribution in [0.2, 0.25) is 0 Å². The monoisotopic (exact) mass is 272 g/mol. The first-order valence-electron chi connectivity index (χ1n) is 7.55. The Hall–Kier alpha value is -1.46. The van der Waals surface area contributed by atoms with Crippen molar-refractivity contribution in [2.24, 2.45) is 0 Å². The van der Waals surface area contributed by atoms with Gasteiger partial charge in [-0.1, -0.05) is 0 Å². The Kier molecular flexibility index (Phi) is 3.16. The number of hydrogen-bond acceptors (Lipinski definition) is 4. The van der Waals surface area contributed by atoms with Crippen molar-refractivity contribution in [2.75, 3.05) is 26.3 Å². The standard InChI is InChI=1S/C15H20N4O/c1-2-13-15(17-6-1)19(12-3-7-16-8-4-12)14(18-13)11-5-9-20-10-11/h1-2,6,11-12,16H,3-5,7-10H2. The lowest BCUT2D eigenvalue weighted by Gasteiger charge is -2.26. The number of imidazole rings is 1. The SMILES string of the molecule is c1cnc2c(c1)nc(C1CCOC1)n2C1CCNCC1. The molecule has 0 spiro atoms. The smallest absolute Gasteiger partial charge is 0.160 e. The second-order valence-corrected chi connectivity index (χ2v) is 5.73. The van der Waals surface area contributed by atoms with Crippen LogP contribution in [-0.4, -0.2) is 40.8 Å². The molecule has 20 heavy (non-hydrogen) atoms. The number of piperidine rings is 1. The molecule has 4 heterocycles. The van der Waals surface area contributed by atoms with Gasteiger partial charge in [-0.3, -0.25) is 0 Å². The summed E-state index contributed by atoms with van der Waals surface area (Å²) >= 11 is 0. The van der Waals surface area contributed by atoms with Crippen LogP contribution >= 0.6 is 0 Å². The first kappa shape index (κ1) is 12.3. The average molecular weight is 272 g/mol. The third-order valence-corrected chi connectivity index (χ3v) is 4.44. The van der Waals surface area contributed by atoms with Crippen molar-refractivity contribution < 1.29 is 4.74 Å². The lowest BCUT2D eigenvalue weighted by atomic mass is 10.0. The summed E-state index contributed by atoms with van der Waals surface area (Å²) in [6, 6.07) is 4.56. The fraction of sp³-hybridized carbons (Fsp3) is 0.600. The number of ether oxygens (including phenoxy) is 1. The topological polar surface area (TPSA) is 52.0 Å². The predicted molar refractivity (Wildman–Crippen MR) is 76.8 cm³/mol. The van der Waals surface area contributed by atoms with E-state index in [0.29, 0.717) is 12.0 Å². The lowest BCUT2D eigenvalue weighted by molar-refractivity contribution is 0.192. The molecule has 5 nitrogen and oxygen atoms in total. The molecule has 106 valence electrons. The maximum absolute atomic E-state index is 5.56. The Morgan fingerprint density at radius 1 is 1.25 bits per heavy atom. The highest BCUT2D eigenvalue weighted by Crippen LogP contribution is 2.32. The Balaban J connectivity index is 1.83. The third-order valence-electron chi connectivity index (χ3n) is 4.44. The molecule has 0 radical (unpaired) electrons. The predicted octanol–water partition coefficient (Wildman–Crippen LogP) is 1.86. The zero-order valence-electron chi connectivity index (χ0n) is 11.6. The van der Waals surface area contributed by atoms with Gasteiger partial charge < -0.3 is 14.6 Å². The quantitative estimate of drug-likeness (QED) is 0.906. The highest BCUT2D eigenvalue weighted by atomic mass is 16.5. The van der Waals surface area contributed by atoms with Crippen LogP contribution < -0.4 is 5.32 Å². The second kappa shape index (κ2) is 5.14. The van der Waals surface area contributed by atoms with E-state index in [0.717, 1.165) is 56.7 Å². The van der Waals surface area contributed by atoms with Gasteiger partial charge in [0.05, 0.1) is 6.61 Å². The Morgan fingerprint density at radius 2 is 2.15 bits per heavy atom. The van der Waals surface area contributed by atoms with Gasteiger partial charge in [0.2, 0.25) is 0 Å². The minimum absolute atomic E-state index is 0.430. The largest absolute Gasteiger partial charge is 0.381 e. The molecule has 1 N–H and O–H groups in total. The molecule has 4 rings (SSSR count). The maximum Gasteiger partial charge on any atom is 0.160 e. The molecule has 0 bridgehead atoms. The van der Waals surface area contributed by atoms with Gasteiger partial charge in [-0.2, -0.15) is 0 Å². The van der Waals surface area contributed by atoms with Crippen molar-refractivity contribution in [3.05, 3.63) is 24.2 Å². The molecular weight excluding hydrogens is 252 g/mol. The van der Waals surface area contributed by atoms with Crippen molar-refractivity contribution in [1.29, 1.82) is 0 Å². The van der Waals surface area contributed by atoms with E-state index in [-0.39, 0.29) is 0 Å². The molecule has 1 unspecified atom stereocenters. The fourth-order valence-electron chi connectivity index (χ4n) is 3.40. The summed E-state index contributed by atoms with van der Waals surface area (Å²) in [5, 5.41) is 3.43. The first-order chi connectivity index (χ1) is 9.93. The molecule has 0 amide bonds. The molecule has 2 fully saturated rings. The minimum Gasteiger partial charge on any atom is -0.381 e. The van der Waals surface area contributed by atoms with Gasteiger partial charge in [0.25, 0.3) is 0 Å².